The Balaban J connectivity index is 2.19. The molecule has 94 valence electrons. The van der Waals surface area contributed by atoms with Gasteiger partial charge in [-0.25, -0.2) is 0 Å². The van der Waals surface area contributed by atoms with Crippen LogP contribution in [-0.2, 0) is 6.42 Å². The monoisotopic (exact) mass is 246 g/mol. The van der Waals surface area contributed by atoms with E-state index < -0.39 is 0 Å². The van der Waals surface area contributed by atoms with E-state index in [4.69, 9.17) is 19.7 Å². The molecule has 2 N–H and O–H groups in total. The summed E-state index contributed by atoms with van der Waals surface area (Å²) in [5, 5.41) is 3.71. The summed E-state index contributed by atoms with van der Waals surface area (Å²) in [6.45, 7) is 3.23. The summed E-state index contributed by atoms with van der Waals surface area (Å²) < 4.78 is 16.2. The minimum Gasteiger partial charge on any atom is -0.486 e. The Hall–Kier alpha value is -2.17. The van der Waals surface area contributed by atoms with E-state index in [1.54, 1.807) is 6.20 Å². The maximum atomic E-state index is 5.77. The number of nitrogen functional groups attached to an aromatic ring is 1. The lowest BCUT2D eigenvalue weighted by molar-refractivity contribution is 0.170. The first-order valence-corrected chi connectivity index (χ1v) is 5.93. The van der Waals surface area contributed by atoms with Crippen molar-refractivity contribution in [3.63, 3.8) is 0 Å². The number of ether oxygens (including phenoxy) is 2. The van der Waals surface area contributed by atoms with Gasteiger partial charge in [-0.15, -0.1) is 0 Å². The van der Waals surface area contributed by atoms with Crippen molar-refractivity contribution in [2.45, 2.75) is 13.3 Å². The van der Waals surface area contributed by atoms with Crippen molar-refractivity contribution in [2.24, 2.45) is 0 Å². The number of nitrogens with two attached hydrogens (primary N) is 1. The molecule has 1 aromatic heterocycles. The number of aromatic nitrogens is 1. The quantitative estimate of drug-likeness (QED) is 0.880. The Bertz CT molecular complexity index is 578. The SMILES string of the molecule is CCc1c(-c2cnoc2N)ccc2c1OCCO2. The van der Waals surface area contributed by atoms with Crippen LogP contribution < -0.4 is 15.2 Å². The van der Waals surface area contributed by atoms with E-state index in [1.807, 2.05) is 12.1 Å². The molecule has 0 aliphatic carbocycles. The summed E-state index contributed by atoms with van der Waals surface area (Å²) in [7, 11) is 0. The van der Waals surface area contributed by atoms with Gasteiger partial charge < -0.3 is 19.7 Å². The Labute approximate surface area is 104 Å². The van der Waals surface area contributed by atoms with Crippen LogP contribution >= 0.6 is 0 Å². The van der Waals surface area contributed by atoms with E-state index in [-0.39, 0.29) is 0 Å². The van der Waals surface area contributed by atoms with Gasteiger partial charge in [0, 0.05) is 5.56 Å². The van der Waals surface area contributed by atoms with Crippen molar-refractivity contribution >= 4 is 5.88 Å². The lowest BCUT2D eigenvalue weighted by Gasteiger charge is -2.22. The van der Waals surface area contributed by atoms with Gasteiger partial charge in [0.1, 0.15) is 13.2 Å². The van der Waals surface area contributed by atoms with Crippen LogP contribution in [-0.4, -0.2) is 18.4 Å². The van der Waals surface area contributed by atoms with Gasteiger partial charge >= 0.3 is 0 Å². The predicted molar refractivity (Wildman–Crippen MR) is 66.7 cm³/mol. The maximum Gasteiger partial charge on any atom is 0.229 e. The lowest BCUT2D eigenvalue weighted by atomic mass is 9.98. The minimum atomic E-state index is 0.321. The third kappa shape index (κ3) is 1.59. The summed E-state index contributed by atoms with van der Waals surface area (Å²) in [4.78, 5) is 0. The van der Waals surface area contributed by atoms with Gasteiger partial charge in [0.2, 0.25) is 5.88 Å². The van der Waals surface area contributed by atoms with Crippen LogP contribution in [0.25, 0.3) is 11.1 Å². The highest BCUT2D eigenvalue weighted by Gasteiger charge is 2.20. The van der Waals surface area contributed by atoms with Crippen LogP contribution in [0.2, 0.25) is 0 Å². The Morgan fingerprint density at radius 3 is 2.78 bits per heavy atom. The van der Waals surface area contributed by atoms with Crippen LogP contribution in [0.1, 0.15) is 12.5 Å². The fraction of sp³-hybridized carbons (Fsp3) is 0.308. The highest BCUT2D eigenvalue weighted by molar-refractivity contribution is 5.78. The van der Waals surface area contributed by atoms with Crippen molar-refractivity contribution in [3.05, 3.63) is 23.9 Å². The van der Waals surface area contributed by atoms with E-state index in [9.17, 15) is 0 Å². The number of nitrogens with zero attached hydrogens (tertiary/aromatic N) is 1. The van der Waals surface area contributed by atoms with E-state index in [0.717, 1.165) is 34.6 Å². The largest absolute Gasteiger partial charge is 0.486 e. The number of hydrogen-bond donors (Lipinski definition) is 1. The second-order valence-corrected chi connectivity index (χ2v) is 4.07. The molecular weight excluding hydrogens is 232 g/mol. The standard InChI is InChI=1S/C13H14N2O3/c1-2-8-9(10-7-15-18-13(10)14)3-4-11-12(8)17-6-5-16-11/h3-4,7H,2,5-6,14H2,1H3. The normalized spacial score (nSPS) is 13.6. The van der Waals surface area contributed by atoms with Gasteiger partial charge in [-0.1, -0.05) is 12.1 Å². The van der Waals surface area contributed by atoms with Gasteiger partial charge in [0.25, 0.3) is 0 Å². The maximum absolute atomic E-state index is 5.77. The molecule has 0 amide bonds. The zero-order valence-corrected chi connectivity index (χ0v) is 10.1. The molecule has 0 radical (unpaired) electrons. The van der Waals surface area contributed by atoms with E-state index >= 15 is 0 Å². The number of anilines is 1. The molecule has 18 heavy (non-hydrogen) atoms. The molecule has 2 heterocycles. The van der Waals surface area contributed by atoms with Gasteiger partial charge in [-0.3, -0.25) is 0 Å². The lowest BCUT2D eigenvalue weighted by Crippen LogP contribution is -2.16. The smallest absolute Gasteiger partial charge is 0.229 e. The van der Waals surface area contributed by atoms with Crippen LogP contribution in [0.4, 0.5) is 5.88 Å². The molecule has 0 spiro atoms. The van der Waals surface area contributed by atoms with Gasteiger partial charge in [-0.2, -0.15) is 0 Å². The molecule has 1 aliphatic rings. The Morgan fingerprint density at radius 2 is 2.06 bits per heavy atom. The Kier molecular flexibility index (Phi) is 2.59. The third-order valence-electron chi connectivity index (χ3n) is 3.05. The first-order valence-electron chi connectivity index (χ1n) is 5.93. The summed E-state index contributed by atoms with van der Waals surface area (Å²) >= 11 is 0. The molecular formula is C13H14N2O3. The van der Waals surface area contributed by atoms with Gasteiger partial charge in [0.05, 0.1) is 11.8 Å². The average Bonchev–Trinajstić information content (AvgIpc) is 2.83. The second kappa shape index (κ2) is 4.25. The van der Waals surface area contributed by atoms with Gasteiger partial charge in [0.15, 0.2) is 11.5 Å². The third-order valence-corrected chi connectivity index (χ3v) is 3.05. The highest BCUT2D eigenvalue weighted by atomic mass is 16.6. The molecule has 0 atom stereocenters. The fourth-order valence-electron chi connectivity index (χ4n) is 2.23. The molecule has 5 heteroatoms. The number of benzene rings is 1. The van der Waals surface area contributed by atoms with Gasteiger partial charge in [-0.05, 0) is 24.1 Å². The van der Waals surface area contributed by atoms with Crippen molar-refractivity contribution < 1.29 is 14.0 Å². The molecule has 2 aromatic rings. The molecule has 1 aliphatic heterocycles. The van der Waals surface area contributed by atoms with Crippen molar-refractivity contribution in [2.75, 3.05) is 18.9 Å². The van der Waals surface area contributed by atoms with Crippen LogP contribution in [0.5, 0.6) is 11.5 Å². The number of rotatable bonds is 2. The fourth-order valence-corrected chi connectivity index (χ4v) is 2.23. The van der Waals surface area contributed by atoms with Crippen LogP contribution in [0.3, 0.4) is 0 Å². The average molecular weight is 246 g/mol. The summed E-state index contributed by atoms with van der Waals surface area (Å²) in [6.07, 6.45) is 2.45. The number of fused-ring (bicyclic) bond motifs is 1. The topological polar surface area (TPSA) is 70.5 Å². The molecule has 1 aromatic carbocycles. The Morgan fingerprint density at radius 1 is 1.22 bits per heavy atom. The predicted octanol–water partition coefficient (Wildman–Crippen LogP) is 2.26. The zero-order valence-electron chi connectivity index (χ0n) is 10.1. The highest BCUT2D eigenvalue weighted by Crippen LogP contribution is 2.41. The van der Waals surface area contributed by atoms with Crippen molar-refractivity contribution in [3.8, 4) is 22.6 Å². The van der Waals surface area contributed by atoms with Crippen molar-refractivity contribution in [1.29, 1.82) is 0 Å². The van der Waals surface area contributed by atoms with Crippen molar-refractivity contribution in [1.82, 2.24) is 5.16 Å². The minimum absolute atomic E-state index is 0.321. The summed E-state index contributed by atoms with van der Waals surface area (Å²) in [5.41, 5.74) is 8.62. The molecule has 0 fully saturated rings. The van der Waals surface area contributed by atoms with Crippen LogP contribution in [0.15, 0.2) is 22.9 Å². The van der Waals surface area contributed by atoms with E-state index in [0.29, 0.717) is 19.1 Å². The molecule has 5 nitrogen and oxygen atoms in total. The van der Waals surface area contributed by atoms with Crippen LogP contribution in [0, 0.1) is 0 Å². The molecule has 0 saturated heterocycles. The first kappa shape index (κ1) is 11.0. The molecule has 0 unspecified atom stereocenters. The molecule has 0 saturated carbocycles. The van der Waals surface area contributed by atoms with E-state index in [1.165, 1.54) is 0 Å². The summed E-state index contributed by atoms with van der Waals surface area (Å²) in [5.74, 6) is 1.92. The number of hydrogen-bond acceptors (Lipinski definition) is 5. The zero-order chi connectivity index (χ0) is 12.5. The molecule has 3 rings (SSSR count). The van der Waals surface area contributed by atoms with E-state index in [2.05, 4.69) is 12.1 Å². The second-order valence-electron chi connectivity index (χ2n) is 4.07. The summed E-state index contributed by atoms with van der Waals surface area (Å²) in [6, 6.07) is 3.87. The first-order chi connectivity index (χ1) is 8.81. The molecule has 0 bridgehead atoms.